The van der Waals surface area contributed by atoms with Gasteiger partial charge in [0, 0.05) is 19.3 Å². The summed E-state index contributed by atoms with van der Waals surface area (Å²) in [5, 5.41) is 10.3. The quantitative estimate of drug-likeness (QED) is 0.724. The van der Waals surface area contributed by atoms with Crippen LogP contribution in [0.1, 0.15) is 29.3 Å². The maximum atomic E-state index is 13.1. The smallest absolute Gasteiger partial charge is 0.345 e. The minimum Gasteiger partial charge on any atom is -0.345 e. The van der Waals surface area contributed by atoms with Gasteiger partial charge in [-0.3, -0.25) is 9.48 Å². The average Bonchev–Trinajstić information content (AvgIpc) is 3.19. The Morgan fingerprint density at radius 2 is 1.93 bits per heavy atom. The molecule has 0 unspecified atom stereocenters. The number of aryl methyl sites for hydroxylation is 1. The van der Waals surface area contributed by atoms with Crippen molar-refractivity contribution < 1.29 is 18.0 Å². The van der Waals surface area contributed by atoms with Crippen molar-refractivity contribution in [3.05, 3.63) is 64.7 Å². The van der Waals surface area contributed by atoms with E-state index in [0.29, 0.717) is 11.8 Å². The third-order valence-electron chi connectivity index (χ3n) is 3.51. The molecule has 1 amide bonds. The highest BCUT2D eigenvalue weighted by atomic mass is 35.5. The lowest BCUT2D eigenvalue weighted by Gasteiger charge is -2.09. The third kappa shape index (κ3) is 4.48. The molecule has 0 saturated heterocycles. The van der Waals surface area contributed by atoms with Crippen molar-refractivity contribution >= 4 is 17.5 Å². The highest BCUT2D eigenvalue weighted by molar-refractivity contribution is 6.32. The van der Waals surface area contributed by atoms with Crippen molar-refractivity contribution in [2.45, 2.75) is 20.1 Å². The van der Waals surface area contributed by atoms with Crippen molar-refractivity contribution in [2.24, 2.45) is 7.05 Å². The van der Waals surface area contributed by atoms with Crippen molar-refractivity contribution in [1.82, 2.24) is 24.9 Å². The van der Waals surface area contributed by atoms with E-state index in [1.165, 1.54) is 12.1 Å². The zero-order valence-corrected chi connectivity index (χ0v) is 14.2. The molecule has 2 heterocycles. The largest absolute Gasteiger partial charge is 0.435 e. The van der Waals surface area contributed by atoms with E-state index in [4.69, 9.17) is 11.6 Å². The number of amides is 1. The van der Waals surface area contributed by atoms with E-state index in [1.807, 2.05) is 0 Å². The molecule has 1 N–H and O–H groups in total. The van der Waals surface area contributed by atoms with Crippen LogP contribution in [0, 0.1) is 0 Å². The average molecular weight is 400 g/mol. The molecule has 0 aliphatic carbocycles. The van der Waals surface area contributed by atoms with Crippen LogP contribution in [-0.2, 0) is 19.8 Å². The predicted octanol–water partition coefficient (Wildman–Crippen LogP) is 3.84. The number of rotatable bonds is 4. The molecule has 3 rings (SSSR count). The van der Waals surface area contributed by atoms with E-state index in [1.54, 1.807) is 36.1 Å². The second-order valence-electron chi connectivity index (χ2n) is 5.44. The molecule has 2 aromatic heterocycles. The molecule has 0 aliphatic rings. The number of carbonyl (C=O) groups excluding carboxylic acids is 1. The van der Waals surface area contributed by atoms with Crippen LogP contribution in [0.5, 0.6) is 0 Å². The second-order valence-corrected chi connectivity index (χ2v) is 5.85. The number of alkyl halides is 3. The van der Waals surface area contributed by atoms with Gasteiger partial charge in [0.2, 0.25) is 0 Å². The molecule has 10 heteroatoms. The summed E-state index contributed by atoms with van der Waals surface area (Å²) in [6.07, 6.45) is -3.00. The van der Waals surface area contributed by atoms with Gasteiger partial charge in [0.25, 0.3) is 5.91 Å². The fourth-order valence-electron chi connectivity index (χ4n) is 2.31. The van der Waals surface area contributed by atoms with Gasteiger partial charge in [0.1, 0.15) is 5.69 Å². The molecule has 27 heavy (non-hydrogen) atoms. The van der Waals surface area contributed by atoms with Crippen molar-refractivity contribution in [2.75, 3.05) is 0 Å². The Morgan fingerprint density at radius 1 is 1.22 bits per heavy atom. The lowest BCUT2D eigenvalue weighted by atomic mass is 10.3. The zero-order chi connectivity index (χ0) is 18.9. The Morgan fingerprint density at radius 3 is 2.52 bits per heavy atom. The monoisotopic (exact) mass is 399 g/mol. The van der Waals surface area contributed by atoms with Gasteiger partial charge >= 0.3 is 6.18 Å². The number of halogens is 4. The zero-order valence-electron chi connectivity index (χ0n) is 13.5. The Kier molecular flexibility index (Phi) is 5.94. The van der Waals surface area contributed by atoms with Gasteiger partial charge in [0.15, 0.2) is 5.69 Å². The first-order chi connectivity index (χ1) is 12.3. The Balaban J connectivity index is 0.00000261. The summed E-state index contributed by atoms with van der Waals surface area (Å²) in [7, 11) is 1.72. The highest BCUT2D eigenvalue weighted by Gasteiger charge is 2.36. The third-order valence-corrected chi connectivity index (χ3v) is 3.83. The number of benzene rings is 1. The summed E-state index contributed by atoms with van der Waals surface area (Å²) in [6.45, 7) is 0.0642. The molecule has 0 saturated carbocycles. The van der Waals surface area contributed by atoms with Gasteiger partial charge in [-0.2, -0.15) is 23.4 Å². The Bertz CT molecular complexity index is 948. The summed E-state index contributed by atoms with van der Waals surface area (Å²) in [5.74, 6) is -0.724. The van der Waals surface area contributed by atoms with Gasteiger partial charge in [0.05, 0.1) is 22.9 Å². The molecule has 144 valence electrons. The van der Waals surface area contributed by atoms with Gasteiger partial charge in [-0.05, 0) is 18.2 Å². The van der Waals surface area contributed by atoms with E-state index in [-0.39, 0.29) is 30.4 Å². The van der Waals surface area contributed by atoms with Crippen molar-refractivity contribution in [3.8, 4) is 5.69 Å². The minimum atomic E-state index is -4.69. The molecule has 3 aromatic rings. The molecular formula is C17H17ClF3N5O. The molecule has 1 aromatic carbocycles. The molecule has 0 aliphatic heterocycles. The minimum absolute atomic E-state index is 0. The van der Waals surface area contributed by atoms with Crippen LogP contribution in [0.15, 0.2) is 42.6 Å². The standard InChI is InChI=1S/C16H13ClF3N5O.CH4/c1-24-7-6-10(22-24)9-21-15(26)13-8-14(16(18,19)20)23-25(13)12-5-3-2-4-11(12)17;/h2-8H,9H2,1H3,(H,21,26);1H4. The van der Waals surface area contributed by atoms with Crippen LogP contribution in [0.3, 0.4) is 0 Å². The molecule has 0 fully saturated rings. The Labute approximate surface area is 158 Å². The van der Waals surface area contributed by atoms with E-state index in [9.17, 15) is 18.0 Å². The molecule has 0 radical (unpaired) electrons. The number of aromatic nitrogens is 4. The van der Waals surface area contributed by atoms with Crippen LogP contribution in [-0.4, -0.2) is 25.5 Å². The molecule has 0 spiro atoms. The van der Waals surface area contributed by atoms with Crippen LogP contribution in [0.25, 0.3) is 5.69 Å². The van der Waals surface area contributed by atoms with Gasteiger partial charge in [-0.25, -0.2) is 4.68 Å². The fraction of sp³-hybridized carbons (Fsp3) is 0.235. The van der Waals surface area contributed by atoms with Crippen LogP contribution >= 0.6 is 11.6 Å². The molecular weight excluding hydrogens is 383 g/mol. The Hall–Kier alpha value is -2.81. The van der Waals surface area contributed by atoms with E-state index < -0.39 is 17.8 Å². The lowest BCUT2D eigenvalue weighted by molar-refractivity contribution is -0.141. The molecule has 0 bridgehead atoms. The number of hydrogen-bond donors (Lipinski definition) is 1. The summed E-state index contributed by atoms with van der Waals surface area (Å²) >= 11 is 6.05. The maximum absolute atomic E-state index is 13.1. The van der Waals surface area contributed by atoms with Gasteiger partial charge in [-0.15, -0.1) is 0 Å². The fourth-order valence-corrected chi connectivity index (χ4v) is 2.52. The first kappa shape index (κ1) is 20.5. The number of carbonyl (C=O) groups is 1. The van der Waals surface area contributed by atoms with Crippen LogP contribution in [0.4, 0.5) is 13.2 Å². The number of para-hydroxylation sites is 1. The summed E-state index contributed by atoms with van der Waals surface area (Å²) in [5.41, 5.74) is -0.713. The van der Waals surface area contributed by atoms with Crippen molar-refractivity contribution in [3.63, 3.8) is 0 Å². The lowest BCUT2D eigenvalue weighted by Crippen LogP contribution is -2.25. The SMILES string of the molecule is C.Cn1ccc(CNC(=O)c2cc(C(F)(F)F)nn2-c2ccccc2Cl)n1. The van der Waals surface area contributed by atoms with Crippen molar-refractivity contribution in [1.29, 1.82) is 0 Å². The van der Waals surface area contributed by atoms with Crippen LogP contribution in [0.2, 0.25) is 5.02 Å². The summed E-state index contributed by atoms with van der Waals surface area (Å²) < 4.78 is 41.6. The molecule has 0 atom stereocenters. The number of hydrogen-bond acceptors (Lipinski definition) is 3. The summed E-state index contributed by atoms with van der Waals surface area (Å²) in [6, 6.07) is 8.57. The second kappa shape index (κ2) is 7.83. The van der Waals surface area contributed by atoms with Gasteiger partial charge < -0.3 is 5.32 Å². The number of nitrogens with one attached hydrogen (secondary N) is 1. The predicted molar refractivity (Wildman–Crippen MR) is 94.7 cm³/mol. The molecule has 6 nitrogen and oxygen atoms in total. The highest BCUT2D eigenvalue weighted by Crippen LogP contribution is 2.30. The van der Waals surface area contributed by atoms with E-state index in [2.05, 4.69) is 15.5 Å². The van der Waals surface area contributed by atoms with E-state index >= 15 is 0 Å². The summed E-state index contributed by atoms with van der Waals surface area (Å²) in [4.78, 5) is 12.5. The maximum Gasteiger partial charge on any atom is 0.435 e. The van der Waals surface area contributed by atoms with Gasteiger partial charge in [-0.1, -0.05) is 31.2 Å². The number of nitrogens with zero attached hydrogens (tertiary/aromatic N) is 4. The first-order valence-corrected chi connectivity index (χ1v) is 7.82. The van der Waals surface area contributed by atoms with Crippen LogP contribution < -0.4 is 5.32 Å². The normalized spacial score (nSPS) is 11.1. The topological polar surface area (TPSA) is 64.7 Å². The first-order valence-electron chi connectivity index (χ1n) is 7.44. The van der Waals surface area contributed by atoms with E-state index in [0.717, 1.165) is 4.68 Å².